The smallest absolute Gasteiger partial charge is 0.244 e. The molecule has 0 unspecified atom stereocenters. The number of carbonyl (C=O) groups excluding carboxylic acids is 1. The normalized spacial score (nSPS) is 23.2. The third-order valence-corrected chi connectivity index (χ3v) is 5.34. The van der Waals surface area contributed by atoms with Crippen LogP contribution in [0.4, 0.5) is 0 Å². The van der Waals surface area contributed by atoms with E-state index in [-0.39, 0.29) is 12.3 Å². The van der Waals surface area contributed by atoms with Gasteiger partial charge in [0.05, 0.1) is 6.42 Å². The van der Waals surface area contributed by atoms with Crippen molar-refractivity contribution in [1.82, 2.24) is 21.3 Å². The Balaban J connectivity index is 1.48. The maximum absolute atomic E-state index is 12.1. The number of amides is 1. The van der Waals surface area contributed by atoms with Gasteiger partial charge in [-0.3, -0.25) is 15.6 Å². The molecule has 0 spiro atoms. The van der Waals surface area contributed by atoms with Gasteiger partial charge < -0.3 is 9.84 Å². The van der Waals surface area contributed by atoms with Gasteiger partial charge in [-0.15, -0.1) is 0 Å². The molecular weight excluding hydrogens is 336 g/mol. The molecule has 1 fully saturated rings. The summed E-state index contributed by atoms with van der Waals surface area (Å²) in [6.45, 7) is 4.53. The zero-order valence-corrected chi connectivity index (χ0v) is 15.4. The molecule has 0 saturated heterocycles. The van der Waals surface area contributed by atoms with Gasteiger partial charge in [-0.1, -0.05) is 44.0 Å². The quantitative estimate of drug-likeness (QED) is 0.577. The molecule has 3 atom stereocenters. The second kappa shape index (κ2) is 7.82. The Morgan fingerprint density at radius 2 is 2.08 bits per heavy atom. The highest BCUT2D eigenvalue weighted by molar-refractivity contribution is 7.80. The summed E-state index contributed by atoms with van der Waals surface area (Å²) in [6, 6.07) is 7.83. The third kappa shape index (κ3) is 4.28. The largest absolute Gasteiger partial charge is 0.358 e. The summed E-state index contributed by atoms with van der Waals surface area (Å²) in [4.78, 5) is 12.1. The van der Waals surface area contributed by atoms with Crippen molar-refractivity contribution >= 4 is 34.2 Å². The average molecular weight is 360 g/mol. The van der Waals surface area contributed by atoms with Gasteiger partial charge in [-0.2, -0.15) is 0 Å². The van der Waals surface area contributed by atoms with Crippen LogP contribution in [0.5, 0.6) is 0 Å². The number of thiocarbonyl (C=S) groups is 1. The first-order valence-corrected chi connectivity index (χ1v) is 9.14. The average Bonchev–Trinajstić information content (AvgIpc) is 3.00. The zero-order chi connectivity index (χ0) is 17.8. The van der Waals surface area contributed by atoms with Crippen molar-refractivity contribution in [1.29, 1.82) is 0 Å². The molecule has 25 heavy (non-hydrogen) atoms. The molecular formula is C18H24N4O2S. The second-order valence-electron chi connectivity index (χ2n) is 6.82. The van der Waals surface area contributed by atoms with Crippen LogP contribution in [-0.4, -0.2) is 22.2 Å². The van der Waals surface area contributed by atoms with E-state index in [0.717, 1.165) is 11.8 Å². The van der Waals surface area contributed by atoms with Crippen molar-refractivity contribution in [2.24, 2.45) is 11.8 Å². The molecule has 1 aromatic heterocycles. The molecule has 1 aliphatic rings. The SMILES string of the molecule is C[C@@H]1[C@H](C)CCC[C@H]1NC(=S)NNC(=O)Cc1noc2ccccc12. The zero-order valence-electron chi connectivity index (χ0n) is 14.5. The van der Waals surface area contributed by atoms with Gasteiger partial charge in [0.2, 0.25) is 5.91 Å². The lowest BCUT2D eigenvalue weighted by atomic mass is 9.78. The first-order valence-electron chi connectivity index (χ1n) is 8.73. The number of nitrogens with one attached hydrogen (secondary N) is 3. The Bertz CT molecular complexity index is 760. The molecule has 0 aliphatic heterocycles. The molecule has 7 heteroatoms. The first-order chi connectivity index (χ1) is 12.0. The van der Waals surface area contributed by atoms with E-state index in [1.165, 1.54) is 12.8 Å². The van der Waals surface area contributed by atoms with E-state index in [0.29, 0.717) is 34.3 Å². The number of hydrazine groups is 1. The molecule has 2 aromatic rings. The molecule has 134 valence electrons. The fraction of sp³-hybridized carbons (Fsp3) is 0.500. The van der Waals surface area contributed by atoms with E-state index in [9.17, 15) is 4.79 Å². The number of benzene rings is 1. The second-order valence-corrected chi connectivity index (χ2v) is 7.23. The summed E-state index contributed by atoms with van der Waals surface area (Å²) < 4.78 is 5.21. The predicted octanol–water partition coefficient (Wildman–Crippen LogP) is 2.69. The van der Waals surface area contributed by atoms with Crippen LogP contribution in [-0.2, 0) is 11.2 Å². The van der Waals surface area contributed by atoms with Crippen molar-refractivity contribution < 1.29 is 9.32 Å². The number of hydrogen-bond acceptors (Lipinski definition) is 4. The van der Waals surface area contributed by atoms with Crippen LogP contribution < -0.4 is 16.2 Å². The summed E-state index contributed by atoms with van der Waals surface area (Å²) in [5.41, 5.74) is 6.71. The van der Waals surface area contributed by atoms with Crippen molar-refractivity contribution in [2.75, 3.05) is 0 Å². The van der Waals surface area contributed by atoms with E-state index < -0.39 is 0 Å². The highest BCUT2D eigenvalue weighted by atomic mass is 32.1. The fourth-order valence-electron chi connectivity index (χ4n) is 3.38. The molecule has 3 N–H and O–H groups in total. The minimum atomic E-state index is -0.215. The van der Waals surface area contributed by atoms with Crippen LogP contribution in [0.2, 0.25) is 0 Å². The summed E-state index contributed by atoms with van der Waals surface area (Å²) >= 11 is 5.30. The molecule has 0 bridgehead atoms. The molecule has 1 aliphatic carbocycles. The lowest BCUT2D eigenvalue weighted by Gasteiger charge is -2.35. The van der Waals surface area contributed by atoms with Crippen LogP contribution in [0.3, 0.4) is 0 Å². The summed E-state index contributed by atoms with van der Waals surface area (Å²) in [5, 5.41) is 8.58. The molecule has 0 radical (unpaired) electrons. The topological polar surface area (TPSA) is 79.2 Å². The molecule has 3 rings (SSSR count). The fourth-order valence-corrected chi connectivity index (χ4v) is 3.58. The maximum atomic E-state index is 12.1. The van der Waals surface area contributed by atoms with Crippen LogP contribution in [0.1, 0.15) is 38.8 Å². The number of para-hydroxylation sites is 1. The van der Waals surface area contributed by atoms with Gasteiger partial charge in [0.1, 0.15) is 5.69 Å². The first kappa shape index (κ1) is 17.7. The number of carbonyl (C=O) groups is 1. The van der Waals surface area contributed by atoms with Crippen LogP contribution in [0.15, 0.2) is 28.8 Å². The molecule has 1 saturated carbocycles. The van der Waals surface area contributed by atoms with Gasteiger partial charge in [-0.05, 0) is 42.6 Å². The molecule has 1 heterocycles. The molecule has 6 nitrogen and oxygen atoms in total. The monoisotopic (exact) mass is 360 g/mol. The number of rotatable bonds is 3. The number of nitrogens with zero attached hydrogens (tertiary/aromatic N) is 1. The van der Waals surface area contributed by atoms with E-state index in [1.54, 1.807) is 0 Å². The summed E-state index contributed by atoms with van der Waals surface area (Å²) in [6.07, 6.45) is 3.70. The van der Waals surface area contributed by atoms with Crippen molar-refractivity contribution in [3.63, 3.8) is 0 Å². The van der Waals surface area contributed by atoms with Gasteiger partial charge in [0, 0.05) is 11.4 Å². The van der Waals surface area contributed by atoms with Crippen molar-refractivity contribution in [3.05, 3.63) is 30.0 Å². The van der Waals surface area contributed by atoms with E-state index in [1.807, 2.05) is 24.3 Å². The minimum Gasteiger partial charge on any atom is -0.358 e. The number of hydrogen-bond donors (Lipinski definition) is 3. The number of aromatic nitrogens is 1. The van der Waals surface area contributed by atoms with E-state index in [4.69, 9.17) is 16.7 Å². The lowest BCUT2D eigenvalue weighted by molar-refractivity contribution is -0.121. The predicted molar refractivity (Wildman–Crippen MR) is 101 cm³/mol. The Morgan fingerprint density at radius 1 is 1.28 bits per heavy atom. The standard InChI is InChI=1S/C18H24N4O2S/c1-11-6-5-8-14(12(11)2)19-18(25)21-20-17(23)10-15-13-7-3-4-9-16(13)24-22-15/h3-4,7,9,11-12,14H,5-6,8,10H2,1-2H3,(H,20,23)(H2,19,21,25)/t11-,12-,14-/m1/s1. The van der Waals surface area contributed by atoms with Gasteiger partial charge in [0.25, 0.3) is 0 Å². The van der Waals surface area contributed by atoms with Crippen molar-refractivity contribution in [3.8, 4) is 0 Å². The Labute approximate surface area is 152 Å². The lowest BCUT2D eigenvalue weighted by Crippen LogP contribution is -2.52. The van der Waals surface area contributed by atoms with Crippen LogP contribution in [0, 0.1) is 11.8 Å². The number of fused-ring (bicyclic) bond motifs is 1. The van der Waals surface area contributed by atoms with Gasteiger partial charge >= 0.3 is 0 Å². The summed E-state index contributed by atoms with van der Waals surface area (Å²) in [7, 11) is 0. The Kier molecular flexibility index (Phi) is 5.53. The maximum Gasteiger partial charge on any atom is 0.244 e. The van der Waals surface area contributed by atoms with Crippen molar-refractivity contribution in [2.45, 2.75) is 45.6 Å². The van der Waals surface area contributed by atoms with E-state index in [2.05, 4.69) is 35.2 Å². The highest BCUT2D eigenvalue weighted by Gasteiger charge is 2.27. The minimum absolute atomic E-state index is 0.128. The molecule has 1 aromatic carbocycles. The van der Waals surface area contributed by atoms with Gasteiger partial charge in [0.15, 0.2) is 10.7 Å². The third-order valence-electron chi connectivity index (χ3n) is 5.12. The van der Waals surface area contributed by atoms with Crippen LogP contribution >= 0.6 is 12.2 Å². The highest BCUT2D eigenvalue weighted by Crippen LogP contribution is 2.29. The van der Waals surface area contributed by atoms with Crippen LogP contribution in [0.25, 0.3) is 11.0 Å². The molecule has 1 amide bonds. The Morgan fingerprint density at radius 3 is 2.92 bits per heavy atom. The van der Waals surface area contributed by atoms with Gasteiger partial charge in [-0.25, -0.2) is 0 Å². The summed E-state index contributed by atoms with van der Waals surface area (Å²) in [5.74, 6) is 1.03. The Hall–Kier alpha value is -2.15. The van der Waals surface area contributed by atoms with E-state index >= 15 is 0 Å².